The van der Waals surface area contributed by atoms with Crippen LogP contribution in [-0.4, -0.2) is 21.9 Å². The number of oxime groups is 1. The standard InChI is InChI=1S/C13H10BrFN4O2/c14-7-1-3-9(12(16)19-21)11(5-7)18-13(20)10-4-2-8(15)6-17-10/h1-6,21H,(H2,16,19)(H,18,20). The van der Waals surface area contributed by atoms with Gasteiger partial charge in [0.05, 0.1) is 11.9 Å². The van der Waals surface area contributed by atoms with E-state index >= 15 is 0 Å². The number of hydrogen-bond donors (Lipinski definition) is 3. The third-order valence-electron chi connectivity index (χ3n) is 2.57. The molecule has 0 atom stereocenters. The number of rotatable bonds is 3. The average Bonchev–Trinajstić information content (AvgIpc) is 2.47. The van der Waals surface area contributed by atoms with E-state index in [0.717, 1.165) is 12.3 Å². The maximum absolute atomic E-state index is 12.8. The van der Waals surface area contributed by atoms with Crippen molar-refractivity contribution >= 4 is 33.4 Å². The first-order valence-corrected chi connectivity index (χ1v) is 6.51. The predicted octanol–water partition coefficient (Wildman–Crippen LogP) is 2.33. The molecule has 0 spiro atoms. The van der Waals surface area contributed by atoms with Crippen LogP contribution in [0.25, 0.3) is 0 Å². The monoisotopic (exact) mass is 352 g/mol. The van der Waals surface area contributed by atoms with E-state index in [2.05, 4.69) is 31.4 Å². The quantitative estimate of drug-likeness (QED) is 0.341. The first kappa shape index (κ1) is 14.9. The van der Waals surface area contributed by atoms with Crippen LogP contribution in [0, 0.1) is 5.82 Å². The minimum Gasteiger partial charge on any atom is -0.409 e. The molecule has 0 aliphatic rings. The molecular formula is C13H10BrFN4O2. The van der Waals surface area contributed by atoms with Crippen molar-refractivity contribution in [1.82, 2.24) is 4.98 Å². The largest absolute Gasteiger partial charge is 0.409 e. The molecule has 4 N–H and O–H groups in total. The molecule has 2 rings (SSSR count). The van der Waals surface area contributed by atoms with Crippen LogP contribution in [0.5, 0.6) is 0 Å². The van der Waals surface area contributed by atoms with Crippen LogP contribution in [-0.2, 0) is 0 Å². The number of pyridine rings is 1. The van der Waals surface area contributed by atoms with E-state index < -0.39 is 11.7 Å². The van der Waals surface area contributed by atoms with Crippen LogP contribution in [0.4, 0.5) is 10.1 Å². The fourth-order valence-corrected chi connectivity index (χ4v) is 1.95. The molecule has 1 amide bonds. The maximum atomic E-state index is 12.8. The topological polar surface area (TPSA) is 101 Å². The van der Waals surface area contributed by atoms with Gasteiger partial charge in [-0.25, -0.2) is 9.37 Å². The molecule has 21 heavy (non-hydrogen) atoms. The number of anilines is 1. The second kappa shape index (κ2) is 6.31. The van der Waals surface area contributed by atoms with E-state index in [9.17, 15) is 9.18 Å². The number of amidine groups is 1. The third-order valence-corrected chi connectivity index (χ3v) is 3.07. The molecule has 2 aromatic rings. The lowest BCUT2D eigenvalue weighted by Gasteiger charge is -2.10. The SMILES string of the molecule is N/C(=N/O)c1ccc(Br)cc1NC(=O)c1ccc(F)cn1. The second-order valence-corrected chi connectivity index (χ2v) is 4.91. The smallest absolute Gasteiger partial charge is 0.274 e. The minimum absolute atomic E-state index is 0.0434. The van der Waals surface area contributed by atoms with Gasteiger partial charge in [0.25, 0.3) is 5.91 Å². The number of nitrogens with one attached hydrogen (secondary N) is 1. The number of nitrogens with two attached hydrogens (primary N) is 1. The van der Waals surface area contributed by atoms with Crippen LogP contribution in [0.3, 0.4) is 0 Å². The Morgan fingerprint density at radius 1 is 1.38 bits per heavy atom. The van der Waals surface area contributed by atoms with E-state index in [1.807, 2.05) is 0 Å². The number of aromatic nitrogens is 1. The molecule has 1 aromatic heterocycles. The molecule has 0 aliphatic carbocycles. The van der Waals surface area contributed by atoms with Crippen molar-refractivity contribution in [1.29, 1.82) is 0 Å². The zero-order valence-corrected chi connectivity index (χ0v) is 12.1. The number of halogens is 2. The summed E-state index contributed by atoms with van der Waals surface area (Å²) in [5, 5.41) is 14.2. The van der Waals surface area contributed by atoms with Crippen molar-refractivity contribution in [2.24, 2.45) is 10.9 Å². The van der Waals surface area contributed by atoms with Gasteiger partial charge in [0.1, 0.15) is 11.5 Å². The molecule has 1 aromatic carbocycles. The van der Waals surface area contributed by atoms with Crippen molar-refractivity contribution < 1.29 is 14.4 Å². The lowest BCUT2D eigenvalue weighted by molar-refractivity contribution is 0.102. The Kier molecular flexibility index (Phi) is 4.49. The first-order valence-electron chi connectivity index (χ1n) is 5.71. The summed E-state index contributed by atoms with van der Waals surface area (Å²) in [6.45, 7) is 0. The van der Waals surface area contributed by atoms with Crippen LogP contribution in [0.1, 0.15) is 16.1 Å². The summed E-state index contributed by atoms with van der Waals surface area (Å²) in [5.41, 5.74) is 6.26. The Labute approximate surface area is 127 Å². The molecular weight excluding hydrogens is 343 g/mol. The summed E-state index contributed by atoms with van der Waals surface area (Å²) < 4.78 is 13.5. The molecule has 1 heterocycles. The third kappa shape index (κ3) is 3.54. The van der Waals surface area contributed by atoms with Gasteiger partial charge >= 0.3 is 0 Å². The van der Waals surface area contributed by atoms with Gasteiger partial charge in [0.15, 0.2) is 5.84 Å². The Hall–Kier alpha value is -2.48. The van der Waals surface area contributed by atoms with Crippen molar-refractivity contribution in [2.75, 3.05) is 5.32 Å². The van der Waals surface area contributed by atoms with E-state index in [-0.39, 0.29) is 11.5 Å². The first-order chi connectivity index (χ1) is 10.0. The molecule has 0 aliphatic heterocycles. The number of nitrogens with zero attached hydrogens (tertiary/aromatic N) is 2. The summed E-state index contributed by atoms with van der Waals surface area (Å²) in [6.07, 6.45) is 0.945. The van der Waals surface area contributed by atoms with Crippen molar-refractivity contribution in [3.8, 4) is 0 Å². The zero-order chi connectivity index (χ0) is 15.4. The van der Waals surface area contributed by atoms with Gasteiger partial charge in [-0.05, 0) is 30.3 Å². The zero-order valence-electron chi connectivity index (χ0n) is 10.5. The number of hydrogen-bond acceptors (Lipinski definition) is 4. The van der Waals surface area contributed by atoms with Gasteiger partial charge in [-0.15, -0.1) is 0 Å². The lowest BCUT2D eigenvalue weighted by atomic mass is 10.1. The van der Waals surface area contributed by atoms with Gasteiger partial charge in [-0.1, -0.05) is 21.1 Å². The van der Waals surface area contributed by atoms with Gasteiger partial charge in [0.2, 0.25) is 0 Å². The predicted molar refractivity (Wildman–Crippen MR) is 78.8 cm³/mol. The van der Waals surface area contributed by atoms with Crippen LogP contribution in [0.2, 0.25) is 0 Å². The molecule has 0 saturated heterocycles. The molecule has 0 radical (unpaired) electrons. The fraction of sp³-hybridized carbons (Fsp3) is 0. The lowest BCUT2D eigenvalue weighted by Crippen LogP contribution is -2.19. The number of benzene rings is 1. The number of carbonyl (C=O) groups is 1. The normalized spacial score (nSPS) is 11.2. The van der Waals surface area contributed by atoms with Crippen LogP contribution in [0.15, 0.2) is 46.2 Å². The molecule has 0 saturated carbocycles. The van der Waals surface area contributed by atoms with Crippen molar-refractivity contribution in [3.63, 3.8) is 0 Å². The summed E-state index contributed by atoms with van der Waals surface area (Å²) in [5.74, 6) is -1.23. The molecule has 8 heteroatoms. The minimum atomic E-state index is -0.542. The Morgan fingerprint density at radius 3 is 2.76 bits per heavy atom. The summed E-state index contributed by atoms with van der Waals surface area (Å²) in [7, 11) is 0. The summed E-state index contributed by atoms with van der Waals surface area (Å²) >= 11 is 3.26. The van der Waals surface area contributed by atoms with Gasteiger partial charge in [0, 0.05) is 10.0 Å². The maximum Gasteiger partial charge on any atom is 0.274 e. The Bertz CT molecular complexity index is 704. The molecule has 108 valence electrons. The van der Waals surface area contributed by atoms with Crippen LogP contribution < -0.4 is 11.1 Å². The highest BCUT2D eigenvalue weighted by Crippen LogP contribution is 2.22. The fourth-order valence-electron chi connectivity index (χ4n) is 1.59. The number of amides is 1. The van der Waals surface area contributed by atoms with Crippen molar-refractivity contribution in [2.45, 2.75) is 0 Å². The van der Waals surface area contributed by atoms with Crippen molar-refractivity contribution in [3.05, 3.63) is 58.1 Å². The van der Waals surface area contributed by atoms with E-state index in [0.29, 0.717) is 15.7 Å². The van der Waals surface area contributed by atoms with E-state index in [4.69, 9.17) is 10.9 Å². The molecule has 0 bridgehead atoms. The van der Waals surface area contributed by atoms with Gasteiger partial charge in [-0.2, -0.15) is 0 Å². The Balaban J connectivity index is 2.32. The molecule has 0 fully saturated rings. The van der Waals surface area contributed by atoms with Crippen LogP contribution >= 0.6 is 15.9 Å². The van der Waals surface area contributed by atoms with E-state index in [1.54, 1.807) is 18.2 Å². The highest BCUT2D eigenvalue weighted by molar-refractivity contribution is 9.10. The highest BCUT2D eigenvalue weighted by Gasteiger charge is 2.13. The molecule has 0 unspecified atom stereocenters. The van der Waals surface area contributed by atoms with Gasteiger partial charge in [-0.3, -0.25) is 4.79 Å². The Morgan fingerprint density at radius 2 is 2.14 bits per heavy atom. The summed E-state index contributed by atoms with van der Waals surface area (Å²) in [6, 6.07) is 7.24. The summed E-state index contributed by atoms with van der Waals surface area (Å²) in [4.78, 5) is 15.7. The second-order valence-electron chi connectivity index (χ2n) is 3.99. The van der Waals surface area contributed by atoms with E-state index in [1.165, 1.54) is 6.07 Å². The average molecular weight is 353 g/mol. The van der Waals surface area contributed by atoms with Gasteiger partial charge < -0.3 is 16.3 Å². The number of carbonyl (C=O) groups excluding carboxylic acids is 1. The molecule has 6 nitrogen and oxygen atoms in total. The highest BCUT2D eigenvalue weighted by atomic mass is 79.9.